The second-order valence-corrected chi connectivity index (χ2v) is 7.42. The fraction of sp³-hybridized carbons (Fsp3) is 0.167. The van der Waals surface area contributed by atoms with Gasteiger partial charge in [-0.2, -0.15) is 0 Å². The molecule has 1 amide bonds. The van der Waals surface area contributed by atoms with Gasteiger partial charge in [0.15, 0.2) is 0 Å². The van der Waals surface area contributed by atoms with Gasteiger partial charge in [-0.25, -0.2) is 12.7 Å². The highest BCUT2D eigenvalue weighted by molar-refractivity contribution is 7.99. The predicted octanol–water partition coefficient (Wildman–Crippen LogP) is 1.99. The van der Waals surface area contributed by atoms with Crippen molar-refractivity contribution in [3.05, 3.63) is 65.9 Å². The third kappa shape index (κ3) is 3.29. The molecule has 7 nitrogen and oxygen atoms in total. The molecule has 0 fully saturated rings. The molecule has 136 valence electrons. The lowest BCUT2D eigenvalue weighted by molar-refractivity contribution is -0.122. The van der Waals surface area contributed by atoms with Crippen molar-refractivity contribution in [2.75, 3.05) is 25.6 Å². The van der Waals surface area contributed by atoms with Gasteiger partial charge in [0, 0.05) is 12.8 Å². The Kier molecular flexibility index (Phi) is 4.97. The number of benzene rings is 2. The van der Waals surface area contributed by atoms with Crippen molar-refractivity contribution in [3.63, 3.8) is 0 Å². The van der Waals surface area contributed by atoms with E-state index >= 15 is 0 Å². The smallest absolute Gasteiger partial charge is 0.285 e. The summed E-state index contributed by atoms with van der Waals surface area (Å²) >= 11 is 0. The monoisotopic (exact) mass is 374 g/mol. The number of rotatable bonds is 6. The van der Waals surface area contributed by atoms with Gasteiger partial charge in [0.1, 0.15) is 16.4 Å². The Balaban J connectivity index is 2.10. The minimum atomic E-state index is -4.01. The summed E-state index contributed by atoms with van der Waals surface area (Å²) in [5.41, 5.74) is 0.878. The van der Waals surface area contributed by atoms with E-state index in [9.17, 15) is 18.3 Å². The lowest BCUT2D eigenvalue weighted by Crippen LogP contribution is -2.35. The van der Waals surface area contributed by atoms with Gasteiger partial charge in [-0.05, 0) is 29.8 Å². The Hall–Kier alpha value is -2.84. The van der Waals surface area contributed by atoms with Crippen LogP contribution in [-0.2, 0) is 19.6 Å². The third-order valence-corrected chi connectivity index (χ3v) is 5.77. The van der Waals surface area contributed by atoms with E-state index in [0.29, 0.717) is 11.3 Å². The van der Waals surface area contributed by atoms with Crippen LogP contribution in [0.2, 0.25) is 0 Å². The number of nitrogens with one attached hydrogen (secondary N) is 1. The molecule has 0 atom stereocenters. The van der Waals surface area contributed by atoms with Gasteiger partial charge in [-0.3, -0.25) is 4.79 Å². The fourth-order valence-corrected chi connectivity index (χ4v) is 4.32. The van der Waals surface area contributed by atoms with Crippen molar-refractivity contribution in [3.8, 4) is 5.75 Å². The average Bonchev–Trinajstić information content (AvgIpc) is 2.81. The summed E-state index contributed by atoms with van der Waals surface area (Å²) in [5.74, 6) is -0.575. The van der Waals surface area contributed by atoms with Crippen molar-refractivity contribution in [2.24, 2.45) is 0 Å². The van der Waals surface area contributed by atoms with E-state index < -0.39 is 15.9 Å². The highest BCUT2D eigenvalue weighted by atomic mass is 32.2. The van der Waals surface area contributed by atoms with Crippen molar-refractivity contribution >= 4 is 26.5 Å². The SMILES string of the molecule is COCCN1C(=O)C(Nc2ccc(O)cc2)=C(c2ccccc2)S1(=O)=O. The van der Waals surface area contributed by atoms with Gasteiger partial charge in [0.2, 0.25) is 0 Å². The molecule has 0 spiro atoms. The van der Waals surface area contributed by atoms with Crippen LogP contribution < -0.4 is 5.32 Å². The predicted molar refractivity (Wildman–Crippen MR) is 97.6 cm³/mol. The van der Waals surface area contributed by atoms with Gasteiger partial charge in [0.25, 0.3) is 15.9 Å². The largest absolute Gasteiger partial charge is 0.508 e. The zero-order chi connectivity index (χ0) is 18.7. The zero-order valence-corrected chi connectivity index (χ0v) is 14.9. The van der Waals surface area contributed by atoms with E-state index in [1.807, 2.05) is 0 Å². The number of amides is 1. The van der Waals surface area contributed by atoms with Crippen molar-refractivity contribution in [2.45, 2.75) is 0 Å². The summed E-state index contributed by atoms with van der Waals surface area (Å²) in [4.78, 5) is 12.7. The quantitative estimate of drug-likeness (QED) is 0.751. The second-order valence-electron chi connectivity index (χ2n) is 5.62. The summed E-state index contributed by atoms with van der Waals surface area (Å²) in [5, 5.41) is 12.3. The Morgan fingerprint density at radius 2 is 1.73 bits per heavy atom. The Bertz CT molecular complexity index is 937. The highest BCUT2D eigenvalue weighted by Gasteiger charge is 2.44. The van der Waals surface area contributed by atoms with Crippen LogP contribution >= 0.6 is 0 Å². The number of hydrogen-bond acceptors (Lipinski definition) is 6. The zero-order valence-electron chi connectivity index (χ0n) is 14.0. The Labute approximate surface area is 151 Å². The van der Waals surface area contributed by atoms with Crippen molar-refractivity contribution in [1.29, 1.82) is 0 Å². The maximum absolute atomic E-state index is 13.0. The lowest BCUT2D eigenvalue weighted by Gasteiger charge is -2.15. The summed E-state index contributed by atoms with van der Waals surface area (Å²) in [6, 6.07) is 14.5. The molecule has 3 rings (SSSR count). The number of anilines is 1. The summed E-state index contributed by atoms with van der Waals surface area (Å²) in [6.45, 7) is 0.0221. The Morgan fingerprint density at radius 1 is 1.08 bits per heavy atom. The molecule has 0 unspecified atom stereocenters. The number of sulfonamides is 1. The minimum Gasteiger partial charge on any atom is -0.508 e. The van der Waals surface area contributed by atoms with Gasteiger partial charge in [-0.1, -0.05) is 30.3 Å². The molecule has 2 aromatic carbocycles. The van der Waals surface area contributed by atoms with Crippen molar-refractivity contribution in [1.82, 2.24) is 4.31 Å². The Morgan fingerprint density at radius 3 is 2.35 bits per heavy atom. The van der Waals surface area contributed by atoms with Gasteiger partial charge < -0.3 is 15.2 Å². The van der Waals surface area contributed by atoms with Gasteiger partial charge in [-0.15, -0.1) is 0 Å². The summed E-state index contributed by atoms with van der Waals surface area (Å²) in [6.07, 6.45) is 0. The molecule has 0 saturated carbocycles. The number of carbonyl (C=O) groups is 1. The summed E-state index contributed by atoms with van der Waals surface area (Å²) in [7, 11) is -2.57. The summed E-state index contributed by atoms with van der Waals surface area (Å²) < 4.78 is 31.7. The number of aromatic hydroxyl groups is 1. The van der Waals surface area contributed by atoms with E-state index in [1.165, 1.54) is 19.2 Å². The minimum absolute atomic E-state index is 0.0296. The van der Waals surface area contributed by atoms with E-state index in [0.717, 1.165) is 4.31 Å². The number of carbonyl (C=O) groups excluding carboxylic acids is 1. The molecule has 1 aliphatic rings. The molecule has 8 heteroatoms. The van der Waals surface area contributed by atoms with Crippen LogP contribution in [0.25, 0.3) is 4.91 Å². The lowest BCUT2D eigenvalue weighted by atomic mass is 10.1. The van der Waals surface area contributed by atoms with Crippen LogP contribution in [0, 0.1) is 0 Å². The molecule has 0 aromatic heterocycles. The first-order valence-electron chi connectivity index (χ1n) is 7.87. The first kappa shape index (κ1) is 18.0. The fourth-order valence-electron chi connectivity index (χ4n) is 2.65. The average molecular weight is 374 g/mol. The number of hydrogen-bond donors (Lipinski definition) is 2. The van der Waals surface area contributed by atoms with Gasteiger partial charge >= 0.3 is 0 Å². The van der Waals surface area contributed by atoms with Crippen LogP contribution in [0.15, 0.2) is 60.3 Å². The van der Waals surface area contributed by atoms with E-state index in [2.05, 4.69) is 5.32 Å². The van der Waals surface area contributed by atoms with Crippen LogP contribution in [0.3, 0.4) is 0 Å². The molecular weight excluding hydrogens is 356 g/mol. The molecule has 0 bridgehead atoms. The van der Waals surface area contributed by atoms with Crippen LogP contribution in [0.5, 0.6) is 5.75 Å². The van der Waals surface area contributed by atoms with Crippen molar-refractivity contribution < 1.29 is 23.1 Å². The molecule has 0 aliphatic carbocycles. The van der Waals surface area contributed by atoms with Gasteiger partial charge in [0.05, 0.1) is 13.2 Å². The highest BCUT2D eigenvalue weighted by Crippen LogP contribution is 2.36. The topological polar surface area (TPSA) is 95.9 Å². The molecule has 0 saturated heterocycles. The molecule has 1 heterocycles. The molecule has 2 N–H and O–H groups in total. The molecule has 1 aliphatic heterocycles. The van der Waals surface area contributed by atoms with Crippen LogP contribution in [0.1, 0.15) is 5.56 Å². The first-order valence-corrected chi connectivity index (χ1v) is 9.31. The number of nitrogens with zero attached hydrogens (tertiary/aromatic N) is 1. The number of ether oxygens (including phenoxy) is 1. The molecular formula is C18H18N2O5S. The molecule has 0 radical (unpaired) electrons. The number of phenolic OH excluding ortho intramolecular Hbond substituents is 1. The van der Waals surface area contributed by atoms with E-state index in [4.69, 9.17) is 4.74 Å². The van der Waals surface area contributed by atoms with Crippen LogP contribution in [-0.4, -0.2) is 44.0 Å². The standard InChI is InChI=1S/C18H18N2O5S/c1-25-12-11-20-18(22)16(19-14-7-9-15(21)10-8-14)17(26(20,23)24)13-5-3-2-4-6-13/h2-10,19,21H,11-12H2,1H3. The maximum atomic E-state index is 13.0. The third-order valence-electron chi connectivity index (χ3n) is 3.89. The first-order chi connectivity index (χ1) is 12.4. The van der Waals surface area contributed by atoms with E-state index in [-0.39, 0.29) is 29.5 Å². The second kappa shape index (κ2) is 7.19. The normalized spacial score (nSPS) is 16.2. The maximum Gasteiger partial charge on any atom is 0.285 e. The molecule has 26 heavy (non-hydrogen) atoms. The number of phenols is 1. The molecule has 2 aromatic rings. The number of methoxy groups -OCH3 is 1. The van der Waals surface area contributed by atoms with Crippen LogP contribution in [0.4, 0.5) is 5.69 Å². The van der Waals surface area contributed by atoms with E-state index in [1.54, 1.807) is 42.5 Å².